The van der Waals surface area contributed by atoms with Gasteiger partial charge in [0.15, 0.2) is 0 Å². The molecule has 0 saturated heterocycles. The molecule has 7 aromatic rings. The molecule has 0 radical (unpaired) electrons. The van der Waals surface area contributed by atoms with Crippen LogP contribution in [0, 0.1) is 0 Å². The summed E-state index contributed by atoms with van der Waals surface area (Å²) in [6.45, 7) is 0. The molecule has 158 valence electrons. The van der Waals surface area contributed by atoms with Gasteiger partial charge in [0.1, 0.15) is 0 Å². The predicted octanol–water partition coefficient (Wildman–Crippen LogP) is 9.63. The molecule has 0 aliphatic heterocycles. The van der Waals surface area contributed by atoms with Gasteiger partial charge in [-0.2, -0.15) is 0 Å². The number of hydrogen-bond acceptors (Lipinski definition) is 0. The first-order valence-electron chi connectivity index (χ1n) is 11.8. The van der Waals surface area contributed by atoms with Crippen molar-refractivity contribution in [2.45, 2.75) is 0 Å². The van der Waals surface area contributed by atoms with Gasteiger partial charge in [0, 0.05) is 0 Å². The SMILES string of the molecule is c1ccc(-c2ccc(-c3cccc4cc5cc6cc7ccccc7cc6cc5cc34)cc2)cc1. The van der Waals surface area contributed by atoms with Gasteiger partial charge in [0.05, 0.1) is 0 Å². The van der Waals surface area contributed by atoms with E-state index in [1.165, 1.54) is 65.3 Å². The zero-order valence-corrected chi connectivity index (χ0v) is 18.7. The highest BCUT2D eigenvalue weighted by atomic mass is 14.1. The highest BCUT2D eigenvalue weighted by Gasteiger charge is 2.08. The molecule has 0 aliphatic rings. The third kappa shape index (κ3) is 3.16. The maximum absolute atomic E-state index is 2.36. The average molecular weight is 431 g/mol. The lowest BCUT2D eigenvalue weighted by Gasteiger charge is -2.11. The summed E-state index contributed by atoms with van der Waals surface area (Å²) in [6, 6.07) is 48.7. The van der Waals surface area contributed by atoms with E-state index in [4.69, 9.17) is 0 Å². The van der Waals surface area contributed by atoms with Crippen molar-refractivity contribution < 1.29 is 0 Å². The second kappa shape index (κ2) is 7.57. The second-order valence-electron chi connectivity index (χ2n) is 9.07. The van der Waals surface area contributed by atoms with Crippen LogP contribution in [-0.2, 0) is 0 Å². The molecule has 7 rings (SSSR count). The normalized spacial score (nSPS) is 11.5. The molecule has 0 nitrogen and oxygen atoms in total. The Labute approximate surface area is 198 Å². The maximum Gasteiger partial charge on any atom is -0.00990 e. The van der Waals surface area contributed by atoms with E-state index in [1.807, 2.05) is 0 Å². The number of hydrogen-bond donors (Lipinski definition) is 0. The summed E-state index contributed by atoms with van der Waals surface area (Å²) in [4.78, 5) is 0. The molecule has 0 bridgehead atoms. The monoisotopic (exact) mass is 430 g/mol. The first-order valence-corrected chi connectivity index (χ1v) is 11.8. The largest absolute Gasteiger partial charge is 0.0622 e. The summed E-state index contributed by atoms with van der Waals surface area (Å²) in [5.41, 5.74) is 5.01. The van der Waals surface area contributed by atoms with Gasteiger partial charge in [0.25, 0.3) is 0 Å². The fraction of sp³-hybridized carbons (Fsp3) is 0. The summed E-state index contributed by atoms with van der Waals surface area (Å²) < 4.78 is 0. The van der Waals surface area contributed by atoms with E-state index in [1.54, 1.807) is 0 Å². The van der Waals surface area contributed by atoms with Crippen LogP contribution >= 0.6 is 0 Å². The van der Waals surface area contributed by atoms with Gasteiger partial charge in [-0.05, 0) is 102 Å². The third-order valence-electron chi connectivity index (χ3n) is 6.96. The lowest BCUT2D eigenvalue weighted by molar-refractivity contribution is 1.61. The zero-order chi connectivity index (χ0) is 22.5. The quantitative estimate of drug-likeness (QED) is 0.239. The van der Waals surface area contributed by atoms with E-state index in [2.05, 4.69) is 133 Å². The Morgan fingerprint density at radius 2 is 0.735 bits per heavy atom. The van der Waals surface area contributed by atoms with Gasteiger partial charge >= 0.3 is 0 Å². The Balaban J connectivity index is 1.40. The third-order valence-corrected chi connectivity index (χ3v) is 6.96. The van der Waals surface area contributed by atoms with Gasteiger partial charge < -0.3 is 0 Å². The molecule has 0 aromatic heterocycles. The molecule has 7 aromatic carbocycles. The molecule has 0 heteroatoms. The van der Waals surface area contributed by atoms with Crippen molar-refractivity contribution in [3.63, 3.8) is 0 Å². The molecule has 0 aliphatic carbocycles. The van der Waals surface area contributed by atoms with Crippen LogP contribution in [0.3, 0.4) is 0 Å². The van der Waals surface area contributed by atoms with Crippen molar-refractivity contribution in [3.8, 4) is 22.3 Å². The van der Waals surface area contributed by atoms with Gasteiger partial charge in [-0.1, -0.05) is 97.1 Å². The molecule has 0 heterocycles. The van der Waals surface area contributed by atoms with Crippen LogP contribution in [0.15, 0.2) is 133 Å². The lowest BCUT2D eigenvalue weighted by Crippen LogP contribution is -1.85. The minimum atomic E-state index is 1.24. The van der Waals surface area contributed by atoms with Crippen molar-refractivity contribution in [3.05, 3.63) is 133 Å². The molecule has 34 heavy (non-hydrogen) atoms. The highest BCUT2D eigenvalue weighted by Crippen LogP contribution is 2.35. The fourth-order valence-electron chi connectivity index (χ4n) is 5.19. The van der Waals surface area contributed by atoms with Crippen molar-refractivity contribution in [1.82, 2.24) is 0 Å². The molecule has 0 spiro atoms. The van der Waals surface area contributed by atoms with Crippen LogP contribution in [-0.4, -0.2) is 0 Å². The summed E-state index contributed by atoms with van der Waals surface area (Å²) >= 11 is 0. The van der Waals surface area contributed by atoms with Crippen LogP contribution in [0.25, 0.3) is 65.3 Å². The Morgan fingerprint density at radius 1 is 0.265 bits per heavy atom. The van der Waals surface area contributed by atoms with E-state index in [9.17, 15) is 0 Å². The Bertz CT molecular complexity index is 1820. The lowest BCUT2D eigenvalue weighted by atomic mass is 9.93. The van der Waals surface area contributed by atoms with Crippen molar-refractivity contribution in [1.29, 1.82) is 0 Å². The molecule has 0 N–H and O–H groups in total. The number of fused-ring (bicyclic) bond motifs is 4. The number of rotatable bonds is 2. The minimum absolute atomic E-state index is 1.24. The van der Waals surface area contributed by atoms with Crippen LogP contribution in [0.4, 0.5) is 0 Å². The first kappa shape index (κ1) is 19.1. The smallest absolute Gasteiger partial charge is 0.00990 e. The van der Waals surface area contributed by atoms with Crippen LogP contribution in [0.5, 0.6) is 0 Å². The van der Waals surface area contributed by atoms with E-state index >= 15 is 0 Å². The Kier molecular flexibility index (Phi) is 4.25. The number of benzene rings is 7. The first-order chi connectivity index (χ1) is 16.8. The van der Waals surface area contributed by atoms with Crippen LogP contribution in [0.2, 0.25) is 0 Å². The van der Waals surface area contributed by atoms with E-state index in [0.29, 0.717) is 0 Å². The zero-order valence-electron chi connectivity index (χ0n) is 18.7. The topological polar surface area (TPSA) is 0 Å². The Hall–Kier alpha value is -4.42. The van der Waals surface area contributed by atoms with E-state index < -0.39 is 0 Å². The summed E-state index contributed by atoms with van der Waals surface area (Å²) in [7, 11) is 0. The molecular formula is C34H22. The molecule has 0 amide bonds. The van der Waals surface area contributed by atoms with E-state index in [-0.39, 0.29) is 0 Å². The van der Waals surface area contributed by atoms with Crippen molar-refractivity contribution in [2.75, 3.05) is 0 Å². The molecule has 0 atom stereocenters. The fourth-order valence-corrected chi connectivity index (χ4v) is 5.19. The van der Waals surface area contributed by atoms with Gasteiger partial charge in [-0.25, -0.2) is 0 Å². The maximum atomic E-state index is 2.36. The summed E-state index contributed by atoms with van der Waals surface area (Å²) in [5.74, 6) is 0. The molecular weight excluding hydrogens is 408 g/mol. The highest BCUT2D eigenvalue weighted by molar-refractivity contribution is 6.10. The van der Waals surface area contributed by atoms with Crippen LogP contribution < -0.4 is 0 Å². The van der Waals surface area contributed by atoms with Gasteiger partial charge in [0.2, 0.25) is 0 Å². The van der Waals surface area contributed by atoms with E-state index in [0.717, 1.165) is 0 Å². The van der Waals surface area contributed by atoms with Crippen LogP contribution in [0.1, 0.15) is 0 Å². The average Bonchev–Trinajstić information content (AvgIpc) is 2.90. The second-order valence-corrected chi connectivity index (χ2v) is 9.07. The minimum Gasteiger partial charge on any atom is -0.0622 e. The Morgan fingerprint density at radius 3 is 1.41 bits per heavy atom. The van der Waals surface area contributed by atoms with Gasteiger partial charge in [-0.3, -0.25) is 0 Å². The summed E-state index contributed by atoms with van der Waals surface area (Å²) in [5, 5.41) is 10.3. The molecule has 0 saturated carbocycles. The van der Waals surface area contributed by atoms with Crippen molar-refractivity contribution in [2.24, 2.45) is 0 Å². The standard InChI is InChI=1S/C34H22/c1-2-7-23(8-3-1)24-13-15-25(16-14-24)33-12-6-11-28-19-31-20-29-17-26-9-4-5-10-27(26)18-30(29)21-32(31)22-34(28)33/h1-22H. The van der Waals surface area contributed by atoms with Gasteiger partial charge in [-0.15, -0.1) is 0 Å². The molecule has 0 unspecified atom stereocenters. The summed E-state index contributed by atoms with van der Waals surface area (Å²) in [6.07, 6.45) is 0. The molecule has 0 fully saturated rings. The predicted molar refractivity (Wildman–Crippen MR) is 147 cm³/mol. The van der Waals surface area contributed by atoms with Crippen molar-refractivity contribution >= 4 is 43.1 Å².